The zero-order valence-electron chi connectivity index (χ0n) is 23.1. The van der Waals surface area contributed by atoms with Crippen molar-refractivity contribution < 1.29 is 36.6 Å². The van der Waals surface area contributed by atoms with Crippen molar-refractivity contribution in [2.24, 2.45) is 0 Å². The Morgan fingerprint density at radius 3 is 2.32 bits per heavy atom. The van der Waals surface area contributed by atoms with Gasteiger partial charge < -0.3 is 23.8 Å². The molecule has 1 saturated heterocycles. The molecule has 3 aromatic carbocycles. The minimum Gasteiger partial charge on any atom is -0.493 e. The van der Waals surface area contributed by atoms with E-state index in [9.17, 15) is 17.6 Å². The summed E-state index contributed by atoms with van der Waals surface area (Å²) in [5.41, 5.74) is 1.45. The molecule has 0 unspecified atom stereocenters. The molecule has 0 aliphatic carbocycles. The standard InChI is InChI=1S/C29H32FN3O7S/c1-37-26-15-22(24(16-27(26)38-2)33(41(3,35)36)18-21-6-4-5-7-23(21)30)29(34)32-12-10-31(11-13-32)17-20-8-9-25-28(14-20)40-19-39-25/h4-9,14-16H,10-13,17-19H2,1-3H3. The van der Waals surface area contributed by atoms with Gasteiger partial charge in [-0.05, 0) is 29.8 Å². The molecule has 0 aromatic heterocycles. The van der Waals surface area contributed by atoms with Crippen molar-refractivity contribution in [3.63, 3.8) is 0 Å². The van der Waals surface area contributed by atoms with Gasteiger partial charge in [0.25, 0.3) is 5.91 Å². The van der Waals surface area contributed by atoms with Gasteiger partial charge in [-0.2, -0.15) is 0 Å². The fourth-order valence-corrected chi connectivity index (χ4v) is 5.87. The predicted molar refractivity (Wildman–Crippen MR) is 151 cm³/mol. The van der Waals surface area contributed by atoms with Crippen LogP contribution in [0.2, 0.25) is 0 Å². The van der Waals surface area contributed by atoms with E-state index in [4.69, 9.17) is 18.9 Å². The van der Waals surface area contributed by atoms with E-state index in [0.29, 0.717) is 32.7 Å². The van der Waals surface area contributed by atoms with E-state index in [1.807, 2.05) is 18.2 Å². The molecule has 5 rings (SSSR count). The van der Waals surface area contributed by atoms with Gasteiger partial charge in [0, 0.05) is 44.4 Å². The van der Waals surface area contributed by atoms with Crippen molar-refractivity contribution in [3.8, 4) is 23.0 Å². The number of amides is 1. The summed E-state index contributed by atoms with van der Waals surface area (Å²) in [5.74, 6) is 1.07. The van der Waals surface area contributed by atoms with Gasteiger partial charge in [0.05, 0.1) is 38.3 Å². The molecule has 0 saturated carbocycles. The van der Waals surface area contributed by atoms with E-state index in [1.54, 1.807) is 11.0 Å². The van der Waals surface area contributed by atoms with E-state index < -0.39 is 15.8 Å². The number of carbonyl (C=O) groups is 1. The Balaban J connectivity index is 1.40. The van der Waals surface area contributed by atoms with E-state index in [2.05, 4.69) is 4.90 Å². The third kappa shape index (κ3) is 6.18. The average Bonchev–Trinajstić information content (AvgIpc) is 3.43. The van der Waals surface area contributed by atoms with Crippen LogP contribution in [-0.4, -0.2) is 77.6 Å². The number of ether oxygens (including phenoxy) is 4. The molecule has 1 fully saturated rings. The maximum Gasteiger partial charge on any atom is 0.256 e. The van der Waals surface area contributed by atoms with Crippen LogP contribution in [0.1, 0.15) is 21.5 Å². The van der Waals surface area contributed by atoms with Crippen molar-refractivity contribution >= 4 is 21.6 Å². The zero-order chi connectivity index (χ0) is 29.1. The number of methoxy groups -OCH3 is 2. The molecular formula is C29H32FN3O7S. The number of fused-ring (bicyclic) bond motifs is 1. The van der Waals surface area contributed by atoms with Crippen LogP contribution >= 0.6 is 0 Å². The van der Waals surface area contributed by atoms with Crippen molar-refractivity contribution in [2.45, 2.75) is 13.1 Å². The number of rotatable bonds is 9. The summed E-state index contributed by atoms with van der Waals surface area (Å²) in [6.07, 6.45) is 1.02. The molecule has 218 valence electrons. The highest BCUT2D eigenvalue weighted by Gasteiger charge is 2.31. The Labute approximate surface area is 238 Å². The van der Waals surface area contributed by atoms with Crippen molar-refractivity contribution in [1.82, 2.24) is 9.80 Å². The van der Waals surface area contributed by atoms with E-state index in [0.717, 1.165) is 27.6 Å². The maximum atomic E-state index is 14.6. The van der Waals surface area contributed by atoms with Gasteiger partial charge >= 0.3 is 0 Å². The first-order valence-corrected chi connectivity index (χ1v) is 14.9. The third-order valence-electron chi connectivity index (χ3n) is 7.18. The lowest BCUT2D eigenvalue weighted by Crippen LogP contribution is -2.48. The smallest absolute Gasteiger partial charge is 0.256 e. The number of sulfonamides is 1. The molecule has 0 radical (unpaired) electrons. The van der Waals surface area contributed by atoms with Crippen LogP contribution in [0.3, 0.4) is 0 Å². The normalized spacial score (nSPS) is 15.1. The second kappa shape index (κ2) is 11.8. The third-order valence-corrected chi connectivity index (χ3v) is 8.30. The number of nitrogens with zero attached hydrogens (tertiary/aromatic N) is 3. The SMILES string of the molecule is COc1cc(C(=O)N2CCN(Cc3ccc4c(c3)OCO4)CC2)c(N(Cc2ccccc2F)S(C)(=O)=O)cc1OC. The van der Waals surface area contributed by atoms with Crippen LogP contribution in [0, 0.1) is 5.82 Å². The molecule has 12 heteroatoms. The van der Waals surface area contributed by atoms with Gasteiger partial charge in [0.15, 0.2) is 23.0 Å². The number of hydrogen-bond acceptors (Lipinski definition) is 8. The van der Waals surface area contributed by atoms with Crippen molar-refractivity contribution in [3.05, 3.63) is 77.1 Å². The lowest BCUT2D eigenvalue weighted by atomic mass is 10.1. The Morgan fingerprint density at radius 1 is 0.951 bits per heavy atom. The summed E-state index contributed by atoms with van der Waals surface area (Å²) < 4.78 is 63.4. The number of halogens is 1. The molecule has 1 amide bonds. The van der Waals surface area contributed by atoms with E-state index in [1.165, 1.54) is 44.6 Å². The maximum absolute atomic E-state index is 14.6. The van der Waals surface area contributed by atoms with Gasteiger partial charge in [0.2, 0.25) is 16.8 Å². The van der Waals surface area contributed by atoms with Gasteiger partial charge in [-0.15, -0.1) is 0 Å². The molecule has 0 spiro atoms. The molecule has 0 N–H and O–H groups in total. The monoisotopic (exact) mass is 585 g/mol. The summed E-state index contributed by atoms with van der Waals surface area (Å²) in [5, 5.41) is 0. The molecule has 0 atom stereocenters. The highest BCUT2D eigenvalue weighted by Crippen LogP contribution is 2.38. The first-order valence-electron chi connectivity index (χ1n) is 13.0. The first-order chi connectivity index (χ1) is 19.7. The summed E-state index contributed by atoms with van der Waals surface area (Å²) in [4.78, 5) is 17.8. The minimum absolute atomic E-state index is 0.0844. The minimum atomic E-state index is -3.94. The first kappa shape index (κ1) is 28.5. The van der Waals surface area contributed by atoms with Crippen LogP contribution in [0.15, 0.2) is 54.6 Å². The van der Waals surface area contributed by atoms with Gasteiger partial charge in [0.1, 0.15) is 5.82 Å². The summed E-state index contributed by atoms with van der Waals surface area (Å²) >= 11 is 0. The summed E-state index contributed by atoms with van der Waals surface area (Å²) in [6, 6.07) is 14.7. The molecule has 41 heavy (non-hydrogen) atoms. The van der Waals surface area contributed by atoms with Crippen LogP contribution < -0.4 is 23.3 Å². The Bertz CT molecular complexity index is 1540. The summed E-state index contributed by atoms with van der Waals surface area (Å²) in [7, 11) is -1.08. The van der Waals surface area contributed by atoms with Gasteiger partial charge in [-0.25, -0.2) is 12.8 Å². The topological polar surface area (TPSA) is 97.9 Å². The quantitative estimate of drug-likeness (QED) is 0.377. The highest BCUT2D eigenvalue weighted by molar-refractivity contribution is 7.92. The van der Waals surface area contributed by atoms with E-state index in [-0.39, 0.29) is 47.6 Å². The molecule has 10 nitrogen and oxygen atoms in total. The second-order valence-corrected chi connectivity index (χ2v) is 11.7. The molecule has 2 heterocycles. The Kier molecular flexibility index (Phi) is 8.22. The fraction of sp³-hybridized carbons (Fsp3) is 0.345. The van der Waals surface area contributed by atoms with Crippen molar-refractivity contribution in [1.29, 1.82) is 0 Å². The summed E-state index contributed by atoms with van der Waals surface area (Å²) in [6.45, 7) is 2.71. The fourth-order valence-electron chi connectivity index (χ4n) is 4.99. The predicted octanol–water partition coefficient (Wildman–Crippen LogP) is 3.50. The average molecular weight is 586 g/mol. The molecule has 0 bridgehead atoms. The number of hydrogen-bond donors (Lipinski definition) is 0. The van der Waals surface area contributed by atoms with Crippen molar-refractivity contribution in [2.75, 3.05) is 57.8 Å². The highest BCUT2D eigenvalue weighted by atomic mass is 32.2. The number of anilines is 1. The van der Waals surface area contributed by atoms with E-state index >= 15 is 0 Å². The largest absolute Gasteiger partial charge is 0.493 e. The second-order valence-electron chi connectivity index (χ2n) is 9.84. The van der Waals surface area contributed by atoms with Crippen LogP contribution in [-0.2, 0) is 23.1 Å². The molecule has 2 aliphatic rings. The van der Waals surface area contributed by atoms with Crippen LogP contribution in [0.5, 0.6) is 23.0 Å². The molecule has 2 aliphatic heterocycles. The lowest BCUT2D eigenvalue weighted by molar-refractivity contribution is 0.0629. The number of carbonyl (C=O) groups excluding carboxylic acids is 1. The Morgan fingerprint density at radius 2 is 1.63 bits per heavy atom. The van der Waals surface area contributed by atoms with Gasteiger partial charge in [-0.1, -0.05) is 24.3 Å². The van der Waals surface area contributed by atoms with Crippen LogP contribution in [0.4, 0.5) is 10.1 Å². The number of benzene rings is 3. The van der Waals surface area contributed by atoms with Gasteiger partial charge in [-0.3, -0.25) is 14.0 Å². The van der Waals surface area contributed by atoms with Crippen LogP contribution in [0.25, 0.3) is 0 Å². The molecular weight excluding hydrogens is 553 g/mol. The number of piperazine rings is 1. The molecule has 3 aromatic rings. The lowest BCUT2D eigenvalue weighted by Gasteiger charge is -2.35. The zero-order valence-corrected chi connectivity index (χ0v) is 23.9. The Hall–Kier alpha value is -4.03.